The van der Waals surface area contributed by atoms with Gasteiger partial charge in [-0.3, -0.25) is 14.4 Å². The lowest BCUT2D eigenvalue weighted by Gasteiger charge is -2.20. The van der Waals surface area contributed by atoms with Gasteiger partial charge in [0.25, 0.3) is 0 Å². The van der Waals surface area contributed by atoms with Crippen LogP contribution in [-0.4, -0.2) is 63.1 Å². The van der Waals surface area contributed by atoms with Crippen molar-refractivity contribution in [2.45, 2.75) is 18.3 Å². The maximum absolute atomic E-state index is 12.5. The van der Waals surface area contributed by atoms with Crippen LogP contribution >= 0.6 is 0 Å². The molecule has 0 fully saturated rings. The van der Waals surface area contributed by atoms with E-state index in [4.69, 9.17) is 26.2 Å². The average molecular weight is 411 g/mol. The Morgan fingerprint density at radius 3 is 1.68 bits per heavy atom. The zero-order valence-corrected chi connectivity index (χ0v) is 13.9. The number of carboxylic acid groups (broad SMARTS) is 4. The van der Waals surface area contributed by atoms with Gasteiger partial charge in [-0.2, -0.15) is 13.2 Å². The van der Waals surface area contributed by atoms with Gasteiger partial charge in [0.15, 0.2) is 12.0 Å². The minimum Gasteiger partial charge on any atom is -0.481 e. The highest BCUT2D eigenvalue weighted by Gasteiger charge is 2.42. The molecule has 1 aromatic carbocycles. The smallest absolute Gasteiger partial charge is 0.418 e. The molecule has 0 aliphatic rings. The molecule has 0 saturated carbocycles. The largest absolute Gasteiger partial charge is 0.481 e. The van der Waals surface area contributed by atoms with Crippen LogP contribution in [0.2, 0.25) is 0 Å². The van der Waals surface area contributed by atoms with E-state index in [-0.39, 0.29) is 5.56 Å². The average Bonchev–Trinajstić information content (AvgIpc) is 2.54. The van der Waals surface area contributed by atoms with E-state index < -0.39 is 54.7 Å². The summed E-state index contributed by atoms with van der Waals surface area (Å²) < 4.78 is 41.9. The van der Waals surface area contributed by atoms with Gasteiger partial charge in [-0.25, -0.2) is 4.79 Å². The molecule has 0 aliphatic carbocycles. The van der Waals surface area contributed by atoms with Crippen molar-refractivity contribution in [2.75, 3.05) is 6.61 Å². The number of carbonyl (C=O) groups is 4. The van der Waals surface area contributed by atoms with Gasteiger partial charge >= 0.3 is 30.1 Å². The van der Waals surface area contributed by atoms with Crippen LogP contribution in [0.1, 0.15) is 11.7 Å². The first kappa shape index (κ1) is 24.8. The van der Waals surface area contributed by atoms with Crippen molar-refractivity contribution in [3.05, 3.63) is 35.9 Å². The molecule has 1 unspecified atom stereocenters. The highest BCUT2D eigenvalue weighted by atomic mass is 19.4. The molecular weight excluding hydrogens is 395 g/mol. The van der Waals surface area contributed by atoms with Crippen molar-refractivity contribution in [3.8, 4) is 0 Å². The molecule has 2 atom stereocenters. The molecule has 1 aromatic rings. The summed E-state index contributed by atoms with van der Waals surface area (Å²) in [7, 11) is 0. The summed E-state index contributed by atoms with van der Waals surface area (Å²) in [5, 5.41) is 33.0. The van der Waals surface area contributed by atoms with Crippen LogP contribution in [0, 0.1) is 5.92 Å². The molecule has 0 spiro atoms. The Morgan fingerprint density at radius 2 is 1.39 bits per heavy atom. The van der Waals surface area contributed by atoms with E-state index in [0.29, 0.717) is 0 Å². The minimum atomic E-state index is -4.63. The Kier molecular flexibility index (Phi) is 9.60. The second-order valence-corrected chi connectivity index (χ2v) is 5.06. The number of benzene rings is 1. The standard InChI is InChI=1S/C10H9F3O3.C5H7NO6/c11-10(12,13)9(16-6-8(14)15)7-4-2-1-3-5-7;6-2(5(11)12)1(3(7)8)4(9)10/h1-5,9H,6H2,(H,14,15);1-2H,6H2,(H,7,8)(H,9,10)(H,11,12)/t;2-/m.0/s1. The molecular formula is C15H16F3NO9. The van der Waals surface area contributed by atoms with E-state index in [1.807, 2.05) is 0 Å². The number of halogens is 3. The summed E-state index contributed by atoms with van der Waals surface area (Å²) in [5.74, 6) is -8.74. The molecule has 0 heterocycles. The van der Waals surface area contributed by atoms with Gasteiger partial charge in [-0.1, -0.05) is 30.3 Å². The molecule has 0 bridgehead atoms. The Labute approximate surface area is 154 Å². The van der Waals surface area contributed by atoms with E-state index in [1.54, 1.807) is 6.07 Å². The summed E-state index contributed by atoms with van der Waals surface area (Å²) in [6.45, 7) is -0.987. The molecule has 0 aliphatic heterocycles. The first-order valence-electron chi connectivity index (χ1n) is 7.18. The SMILES string of the molecule is N[C@H](C(=O)O)C(C(=O)O)C(=O)O.O=C(O)COC(c1ccccc1)C(F)(F)F. The topological polar surface area (TPSA) is 184 Å². The van der Waals surface area contributed by atoms with E-state index in [9.17, 15) is 32.3 Å². The Balaban J connectivity index is 0.000000546. The molecule has 10 nitrogen and oxygen atoms in total. The predicted octanol–water partition coefficient (Wildman–Crippen LogP) is 0.575. The van der Waals surface area contributed by atoms with Crippen molar-refractivity contribution in [1.82, 2.24) is 0 Å². The number of ether oxygens (including phenoxy) is 1. The number of hydrogen-bond donors (Lipinski definition) is 5. The quantitative estimate of drug-likeness (QED) is 0.379. The summed E-state index contributed by atoms with van der Waals surface area (Å²) in [5.41, 5.74) is 4.69. The van der Waals surface area contributed by atoms with Gasteiger partial charge in [-0.15, -0.1) is 0 Å². The van der Waals surface area contributed by atoms with Crippen LogP contribution < -0.4 is 5.73 Å². The first-order chi connectivity index (χ1) is 12.8. The number of hydrogen-bond acceptors (Lipinski definition) is 6. The maximum Gasteiger partial charge on any atom is 0.418 e. The zero-order chi connectivity index (χ0) is 22.1. The van der Waals surface area contributed by atoms with E-state index >= 15 is 0 Å². The van der Waals surface area contributed by atoms with Crippen LogP contribution in [0.25, 0.3) is 0 Å². The second-order valence-electron chi connectivity index (χ2n) is 5.06. The number of carboxylic acids is 4. The summed E-state index contributed by atoms with van der Waals surface area (Å²) in [4.78, 5) is 40.6. The fourth-order valence-electron chi connectivity index (χ4n) is 1.72. The molecule has 28 heavy (non-hydrogen) atoms. The molecule has 0 radical (unpaired) electrons. The lowest BCUT2D eigenvalue weighted by atomic mass is 10.0. The number of alkyl halides is 3. The molecule has 0 aromatic heterocycles. The van der Waals surface area contributed by atoms with Crippen molar-refractivity contribution < 1.29 is 57.5 Å². The highest BCUT2D eigenvalue weighted by Crippen LogP contribution is 2.35. The first-order valence-corrected chi connectivity index (χ1v) is 7.18. The fraction of sp³-hybridized carbons (Fsp3) is 0.333. The molecule has 0 amide bonds. The summed E-state index contributed by atoms with van der Waals surface area (Å²) in [6.07, 6.45) is -6.83. The zero-order valence-electron chi connectivity index (χ0n) is 13.9. The molecule has 0 saturated heterocycles. The predicted molar refractivity (Wildman–Crippen MR) is 83.2 cm³/mol. The van der Waals surface area contributed by atoms with Crippen LogP contribution in [0.15, 0.2) is 30.3 Å². The third-order valence-corrected chi connectivity index (χ3v) is 2.95. The molecule has 6 N–H and O–H groups in total. The minimum absolute atomic E-state index is 0.115. The van der Waals surface area contributed by atoms with Crippen LogP contribution in [-0.2, 0) is 23.9 Å². The normalized spacial score (nSPS) is 13.0. The van der Waals surface area contributed by atoms with E-state index in [0.717, 1.165) is 0 Å². The molecule has 1 rings (SSSR count). The summed E-state index contributed by atoms with van der Waals surface area (Å²) >= 11 is 0. The van der Waals surface area contributed by atoms with Gasteiger partial charge < -0.3 is 30.9 Å². The number of nitrogens with two attached hydrogens (primary N) is 1. The van der Waals surface area contributed by atoms with Gasteiger partial charge in [-0.05, 0) is 5.56 Å². The lowest BCUT2D eigenvalue weighted by Crippen LogP contribution is -2.46. The van der Waals surface area contributed by atoms with E-state index in [2.05, 4.69) is 4.74 Å². The van der Waals surface area contributed by atoms with Crippen molar-refractivity contribution in [3.63, 3.8) is 0 Å². The van der Waals surface area contributed by atoms with Crippen molar-refractivity contribution in [1.29, 1.82) is 0 Å². The van der Waals surface area contributed by atoms with Crippen molar-refractivity contribution >= 4 is 23.9 Å². The Bertz CT molecular complexity index is 680. The Morgan fingerprint density at radius 1 is 0.929 bits per heavy atom. The Hall–Kier alpha value is -3.19. The van der Waals surface area contributed by atoms with Gasteiger partial charge in [0, 0.05) is 0 Å². The molecule has 13 heteroatoms. The lowest BCUT2D eigenvalue weighted by molar-refractivity contribution is -0.225. The maximum atomic E-state index is 12.5. The number of rotatable bonds is 8. The van der Waals surface area contributed by atoms with Crippen LogP contribution in [0.5, 0.6) is 0 Å². The van der Waals surface area contributed by atoms with Gasteiger partial charge in [0.2, 0.25) is 0 Å². The third-order valence-electron chi connectivity index (χ3n) is 2.95. The second kappa shape index (κ2) is 10.8. The van der Waals surface area contributed by atoms with Gasteiger partial charge in [0.1, 0.15) is 12.6 Å². The molecule has 156 valence electrons. The van der Waals surface area contributed by atoms with Crippen LogP contribution in [0.4, 0.5) is 13.2 Å². The summed E-state index contributed by atoms with van der Waals surface area (Å²) in [6, 6.07) is 4.96. The van der Waals surface area contributed by atoms with Crippen molar-refractivity contribution in [2.24, 2.45) is 11.7 Å². The highest BCUT2D eigenvalue weighted by molar-refractivity contribution is 5.98. The third kappa shape index (κ3) is 8.46. The van der Waals surface area contributed by atoms with E-state index in [1.165, 1.54) is 24.3 Å². The monoisotopic (exact) mass is 411 g/mol. The van der Waals surface area contributed by atoms with Gasteiger partial charge in [0.05, 0.1) is 0 Å². The fourth-order valence-corrected chi connectivity index (χ4v) is 1.72. The number of aliphatic carboxylic acids is 4. The van der Waals surface area contributed by atoms with Crippen LogP contribution in [0.3, 0.4) is 0 Å².